The smallest absolute Gasteiger partial charge is 0.334 e. The fourth-order valence-corrected chi connectivity index (χ4v) is 0.777. The number of allylic oxidation sites excluding steroid dienone is 3. The minimum atomic E-state index is -0.570. The molecule has 0 aromatic carbocycles. The molecule has 4 nitrogen and oxygen atoms in total. The maximum Gasteiger partial charge on any atom is 0.334 e. The normalized spacial score (nSPS) is 12.1. The minimum absolute atomic E-state index is 0.176. The number of rotatable bonds is 5. The van der Waals surface area contributed by atoms with Crippen LogP contribution in [0.3, 0.4) is 0 Å². The lowest BCUT2D eigenvalue weighted by molar-refractivity contribution is -0.139. The molecule has 0 unspecified atom stereocenters. The van der Waals surface area contributed by atoms with E-state index in [0.29, 0.717) is 0 Å². The van der Waals surface area contributed by atoms with Crippen LogP contribution >= 0.6 is 0 Å². The molecule has 0 fully saturated rings. The van der Waals surface area contributed by atoms with Crippen molar-refractivity contribution in [2.45, 2.75) is 13.8 Å². The number of carbonyl (C=O) groups is 2. The van der Waals surface area contributed by atoms with Gasteiger partial charge in [0.15, 0.2) is 0 Å². The maximum absolute atomic E-state index is 11.3. The Morgan fingerprint density at radius 2 is 1.94 bits per heavy atom. The van der Waals surface area contributed by atoms with Crippen LogP contribution in [0.5, 0.6) is 0 Å². The van der Waals surface area contributed by atoms with Gasteiger partial charge in [-0.15, -0.1) is 0 Å². The Balaban J connectivity index is 4.07. The fraction of sp³-hybridized carbons (Fsp3) is 0.333. The first kappa shape index (κ1) is 14.2. The van der Waals surface area contributed by atoms with Crippen molar-refractivity contribution in [1.82, 2.24) is 0 Å². The first-order valence-corrected chi connectivity index (χ1v) is 4.83. The van der Waals surface area contributed by atoms with Crippen molar-refractivity contribution in [3.8, 4) is 0 Å². The molecule has 0 spiro atoms. The van der Waals surface area contributed by atoms with E-state index in [9.17, 15) is 9.59 Å². The number of hydrogen-bond acceptors (Lipinski definition) is 4. The summed E-state index contributed by atoms with van der Waals surface area (Å²) in [7, 11) is 1.25. The lowest BCUT2D eigenvalue weighted by Gasteiger charge is -2.00. The van der Waals surface area contributed by atoms with Gasteiger partial charge >= 0.3 is 11.9 Å². The van der Waals surface area contributed by atoms with Crippen LogP contribution in [-0.4, -0.2) is 25.7 Å². The largest absolute Gasteiger partial charge is 0.466 e. The zero-order valence-corrected chi connectivity index (χ0v) is 9.73. The summed E-state index contributed by atoms with van der Waals surface area (Å²) in [4.78, 5) is 22.1. The van der Waals surface area contributed by atoms with Crippen LogP contribution in [-0.2, 0) is 19.1 Å². The van der Waals surface area contributed by atoms with E-state index in [4.69, 9.17) is 4.74 Å². The van der Waals surface area contributed by atoms with E-state index in [2.05, 4.69) is 4.74 Å². The van der Waals surface area contributed by atoms with Crippen molar-refractivity contribution < 1.29 is 19.1 Å². The van der Waals surface area contributed by atoms with Gasteiger partial charge in [-0.2, -0.15) is 0 Å². The van der Waals surface area contributed by atoms with E-state index >= 15 is 0 Å². The zero-order valence-electron chi connectivity index (χ0n) is 9.73. The van der Waals surface area contributed by atoms with Gasteiger partial charge in [-0.3, -0.25) is 0 Å². The molecular weight excluding hydrogens is 208 g/mol. The molecule has 0 rings (SSSR count). The summed E-state index contributed by atoms with van der Waals surface area (Å²) in [6.07, 6.45) is 8.25. The second-order valence-electron chi connectivity index (χ2n) is 2.90. The third-order valence-corrected chi connectivity index (χ3v) is 1.61. The zero-order chi connectivity index (χ0) is 12.4. The number of methoxy groups -OCH3 is 1. The second kappa shape index (κ2) is 8.47. The van der Waals surface area contributed by atoms with Crippen molar-refractivity contribution in [2.75, 3.05) is 13.7 Å². The predicted molar refractivity (Wildman–Crippen MR) is 60.7 cm³/mol. The van der Waals surface area contributed by atoms with Crippen molar-refractivity contribution in [3.05, 3.63) is 36.0 Å². The molecule has 0 saturated heterocycles. The summed E-state index contributed by atoms with van der Waals surface area (Å²) >= 11 is 0. The monoisotopic (exact) mass is 224 g/mol. The highest BCUT2D eigenvalue weighted by molar-refractivity contribution is 5.95. The highest BCUT2D eigenvalue weighted by Gasteiger charge is 2.06. The Morgan fingerprint density at radius 3 is 2.50 bits per heavy atom. The van der Waals surface area contributed by atoms with E-state index in [-0.39, 0.29) is 12.2 Å². The van der Waals surface area contributed by atoms with Crippen molar-refractivity contribution in [2.24, 2.45) is 0 Å². The lowest BCUT2D eigenvalue weighted by Crippen LogP contribution is -2.08. The topological polar surface area (TPSA) is 52.6 Å². The van der Waals surface area contributed by atoms with Gasteiger partial charge in [-0.05, 0) is 19.9 Å². The molecule has 0 radical (unpaired) electrons. The number of ether oxygens (including phenoxy) is 2. The van der Waals surface area contributed by atoms with Gasteiger partial charge in [0.2, 0.25) is 0 Å². The summed E-state index contributed by atoms with van der Waals surface area (Å²) in [6.45, 7) is 3.56. The summed E-state index contributed by atoms with van der Waals surface area (Å²) in [5.74, 6) is -1.10. The van der Waals surface area contributed by atoms with Gasteiger partial charge < -0.3 is 9.47 Å². The SMILES string of the molecule is C/C=C/C=C/COC(=O)/C(C)=C/C(=O)OC. The van der Waals surface area contributed by atoms with Crippen molar-refractivity contribution in [3.63, 3.8) is 0 Å². The van der Waals surface area contributed by atoms with E-state index in [0.717, 1.165) is 6.08 Å². The molecule has 4 heteroatoms. The van der Waals surface area contributed by atoms with E-state index in [1.807, 2.05) is 19.1 Å². The van der Waals surface area contributed by atoms with Crippen molar-refractivity contribution >= 4 is 11.9 Å². The average molecular weight is 224 g/mol. The molecule has 16 heavy (non-hydrogen) atoms. The van der Waals surface area contributed by atoms with Crippen LogP contribution in [0.25, 0.3) is 0 Å². The maximum atomic E-state index is 11.3. The first-order chi connectivity index (χ1) is 7.61. The molecule has 0 aliphatic heterocycles. The van der Waals surface area contributed by atoms with Crippen LogP contribution in [0.1, 0.15) is 13.8 Å². The molecule has 88 valence electrons. The lowest BCUT2D eigenvalue weighted by atomic mass is 10.3. The van der Waals surface area contributed by atoms with Crippen LogP contribution < -0.4 is 0 Å². The van der Waals surface area contributed by atoms with Crippen LogP contribution in [0.2, 0.25) is 0 Å². The van der Waals surface area contributed by atoms with Gasteiger partial charge in [0.05, 0.1) is 7.11 Å². The van der Waals surface area contributed by atoms with Gasteiger partial charge in [-0.25, -0.2) is 9.59 Å². The summed E-state index contributed by atoms with van der Waals surface area (Å²) in [5.41, 5.74) is 0.214. The van der Waals surface area contributed by atoms with Gasteiger partial charge in [0.1, 0.15) is 6.61 Å². The Morgan fingerprint density at radius 1 is 1.25 bits per heavy atom. The molecular formula is C12H16O4. The van der Waals surface area contributed by atoms with E-state index in [1.165, 1.54) is 14.0 Å². The van der Waals surface area contributed by atoms with Crippen LogP contribution in [0.4, 0.5) is 0 Å². The fourth-order valence-electron chi connectivity index (χ4n) is 0.777. The van der Waals surface area contributed by atoms with Crippen LogP contribution in [0, 0.1) is 0 Å². The first-order valence-electron chi connectivity index (χ1n) is 4.83. The Kier molecular flexibility index (Phi) is 7.49. The summed E-state index contributed by atoms with van der Waals surface area (Å²) in [5, 5.41) is 0. The average Bonchev–Trinajstić information content (AvgIpc) is 2.28. The molecule has 0 saturated carbocycles. The highest BCUT2D eigenvalue weighted by Crippen LogP contribution is 1.97. The quantitative estimate of drug-likeness (QED) is 0.406. The van der Waals surface area contributed by atoms with Crippen LogP contribution in [0.15, 0.2) is 36.0 Å². The standard InChI is InChI=1S/C12H16O4/c1-4-5-6-7-8-16-12(14)10(2)9-11(13)15-3/h4-7,9H,8H2,1-3H3/b5-4+,7-6+,10-9+. The molecule has 0 aromatic heterocycles. The third-order valence-electron chi connectivity index (χ3n) is 1.61. The molecule has 0 bridgehead atoms. The molecule has 0 heterocycles. The number of hydrogen-bond donors (Lipinski definition) is 0. The van der Waals surface area contributed by atoms with E-state index < -0.39 is 11.9 Å². The van der Waals surface area contributed by atoms with Gasteiger partial charge in [0, 0.05) is 11.6 Å². The predicted octanol–water partition coefficient (Wildman–Crippen LogP) is 1.78. The number of esters is 2. The molecule has 0 aromatic rings. The van der Waals surface area contributed by atoms with Crippen molar-refractivity contribution in [1.29, 1.82) is 0 Å². The molecule has 0 N–H and O–H groups in total. The molecule has 0 aliphatic carbocycles. The Labute approximate surface area is 95.2 Å². The van der Waals surface area contributed by atoms with Gasteiger partial charge in [-0.1, -0.05) is 18.2 Å². The summed E-state index contributed by atoms with van der Waals surface area (Å²) < 4.78 is 9.24. The van der Waals surface area contributed by atoms with Gasteiger partial charge in [0.25, 0.3) is 0 Å². The summed E-state index contributed by atoms with van der Waals surface area (Å²) in [6, 6.07) is 0. The highest BCUT2D eigenvalue weighted by atomic mass is 16.5. The van der Waals surface area contributed by atoms with E-state index in [1.54, 1.807) is 12.2 Å². The number of carbonyl (C=O) groups excluding carboxylic acids is 2. The second-order valence-corrected chi connectivity index (χ2v) is 2.90. The molecule has 0 amide bonds. The minimum Gasteiger partial charge on any atom is -0.466 e. The Hall–Kier alpha value is -1.84. The Bertz CT molecular complexity index is 324. The third kappa shape index (κ3) is 6.59. The molecule has 0 atom stereocenters. The molecule has 0 aliphatic rings.